The third kappa shape index (κ3) is 3.46. The molecule has 34 heavy (non-hydrogen) atoms. The zero-order valence-electron chi connectivity index (χ0n) is 19.5. The Labute approximate surface area is 197 Å². The van der Waals surface area contributed by atoms with Gasteiger partial charge in [0.05, 0.1) is 24.1 Å². The van der Waals surface area contributed by atoms with Crippen molar-refractivity contribution in [3.63, 3.8) is 0 Å². The number of benzene rings is 1. The van der Waals surface area contributed by atoms with Gasteiger partial charge in [-0.25, -0.2) is 4.98 Å². The molecule has 3 aromatic heterocycles. The summed E-state index contributed by atoms with van der Waals surface area (Å²) in [5.74, 6) is 1.68. The zero-order valence-corrected chi connectivity index (χ0v) is 19.5. The number of aromatic nitrogens is 4. The molecule has 2 aliphatic rings. The van der Waals surface area contributed by atoms with E-state index in [0.717, 1.165) is 53.7 Å². The Bertz CT molecular complexity index is 1480. The first kappa shape index (κ1) is 20.7. The average Bonchev–Trinajstić information content (AvgIpc) is 2.82. The van der Waals surface area contributed by atoms with Crippen LogP contribution in [-0.2, 0) is 13.0 Å². The lowest BCUT2D eigenvalue weighted by Gasteiger charge is -2.41. The maximum absolute atomic E-state index is 12.3. The molecule has 0 unspecified atom stereocenters. The molecule has 0 N–H and O–H groups in total. The van der Waals surface area contributed by atoms with E-state index in [9.17, 15) is 4.79 Å². The lowest BCUT2D eigenvalue weighted by molar-refractivity contribution is 0.109. The maximum atomic E-state index is 12.3. The van der Waals surface area contributed by atoms with Gasteiger partial charge in [-0.15, -0.1) is 5.10 Å². The summed E-state index contributed by atoms with van der Waals surface area (Å²) >= 11 is 0. The second-order valence-corrected chi connectivity index (χ2v) is 9.59. The van der Waals surface area contributed by atoms with Crippen molar-refractivity contribution in [3.05, 3.63) is 82.0 Å². The molecule has 0 saturated carbocycles. The van der Waals surface area contributed by atoms with E-state index in [2.05, 4.69) is 45.9 Å². The van der Waals surface area contributed by atoms with Crippen molar-refractivity contribution >= 4 is 22.8 Å². The summed E-state index contributed by atoms with van der Waals surface area (Å²) in [6, 6.07) is 13.7. The second-order valence-electron chi connectivity index (χ2n) is 9.59. The molecular formula is C26H26N6O2. The minimum absolute atomic E-state index is 0.179. The molecule has 172 valence electrons. The average molecular weight is 455 g/mol. The van der Waals surface area contributed by atoms with E-state index < -0.39 is 0 Å². The fourth-order valence-electron chi connectivity index (χ4n) is 4.89. The highest BCUT2D eigenvalue weighted by Gasteiger charge is 2.33. The monoisotopic (exact) mass is 454 g/mol. The first-order valence-corrected chi connectivity index (χ1v) is 11.5. The lowest BCUT2D eigenvalue weighted by atomic mass is 10.0. The predicted molar refractivity (Wildman–Crippen MR) is 131 cm³/mol. The molecule has 0 bridgehead atoms. The fraction of sp³-hybridized carbons (Fsp3) is 0.308. The molecule has 1 aromatic carbocycles. The normalized spacial score (nSPS) is 16.7. The standard InChI is InChI=1S/C26H26N6O2/c1-17-12-23-27-10-8-24(33)32(23)29-25(17)30-11-9-20-18(15-30)13-19(14-28-20)31-16-26(2,3)34-22-7-5-4-6-21(22)31/h4-8,10,12-14H,9,11,15-16H2,1-3H3. The molecule has 5 heterocycles. The number of rotatable bonds is 2. The van der Waals surface area contributed by atoms with Crippen LogP contribution in [-0.4, -0.2) is 38.3 Å². The highest BCUT2D eigenvalue weighted by atomic mass is 16.5. The molecule has 0 saturated heterocycles. The van der Waals surface area contributed by atoms with Gasteiger partial charge in [-0.3, -0.25) is 9.78 Å². The van der Waals surface area contributed by atoms with E-state index >= 15 is 0 Å². The summed E-state index contributed by atoms with van der Waals surface area (Å²) in [5, 5.41) is 4.65. The van der Waals surface area contributed by atoms with Gasteiger partial charge in [0.1, 0.15) is 11.4 Å². The SMILES string of the molecule is Cc1cc2nccc(=O)n2nc1N1CCc2ncc(N3CC(C)(C)Oc4ccccc43)cc2C1. The number of anilines is 3. The van der Waals surface area contributed by atoms with Crippen LogP contribution in [0.1, 0.15) is 30.7 Å². The number of aryl methyl sites for hydroxylation is 1. The predicted octanol–water partition coefficient (Wildman–Crippen LogP) is 3.66. The van der Waals surface area contributed by atoms with E-state index in [1.54, 1.807) is 0 Å². The molecule has 0 spiro atoms. The second kappa shape index (κ2) is 7.55. The van der Waals surface area contributed by atoms with Gasteiger partial charge in [0, 0.05) is 37.5 Å². The van der Waals surface area contributed by atoms with Gasteiger partial charge in [-0.1, -0.05) is 12.1 Å². The summed E-state index contributed by atoms with van der Waals surface area (Å²) in [6.07, 6.45) is 4.31. The van der Waals surface area contributed by atoms with Crippen LogP contribution >= 0.6 is 0 Å². The minimum atomic E-state index is -0.316. The Kier molecular flexibility index (Phi) is 4.58. The molecule has 6 rings (SSSR count). The molecule has 4 aromatic rings. The number of hydrogen-bond donors (Lipinski definition) is 0. The van der Waals surface area contributed by atoms with Crippen LogP contribution in [0.15, 0.2) is 59.7 Å². The van der Waals surface area contributed by atoms with Gasteiger partial charge in [-0.2, -0.15) is 4.52 Å². The lowest BCUT2D eigenvalue weighted by Crippen LogP contribution is -2.45. The maximum Gasteiger partial charge on any atom is 0.274 e. The summed E-state index contributed by atoms with van der Waals surface area (Å²) in [6.45, 7) is 8.43. The van der Waals surface area contributed by atoms with Crippen LogP contribution < -0.4 is 20.1 Å². The largest absolute Gasteiger partial charge is 0.484 e. The Balaban J connectivity index is 1.37. The van der Waals surface area contributed by atoms with E-state index in [1.807, 2.05) is 37.4 Å². The van der Waals surface area contributed by atoms with E-state index in [1.165, 1.54) is 22.3 Å². The molecule has 0 atom stereocenters. The topological polar surface area (TPSA) is 75.9 Å². The fourth-order valence-corrected chi connectivity index (χ4v) is 4.89. The summed E-state index contributed by atoms with van der Waals surface area (Å²) in [5.41, 5.74) is 5.44. The first-order valence-electron chi connectivity index (χ1n) is 11.5. The van der Waals surface area contributed by atoms with Crippen LogP contribution in [0.3, 0.4) is 0 Å². The Hall–Kier alpha value is -3.94. The van der Waals surface area contributed by atoms with E-state index in [0.29, 0.717) is 12.2 Å². The third-order valence-electron chi connectivity index (χ3n) is 6.46. The number of pyridine rings is 1. The molecule has 8 nitrogen and oxygen atoms in total. The van der Waals surface area contributed by atoms with E-state index in [-0.39, 0.29) is 11.2 Å². The first-order chi connectivity index (χ1) is 16.4. The van der Waals surface area contributed by atoms with Gasteiger partial charge in [0.25, 0.3) is 5.56 Å². The van der Waals surface area contributed by atoms with Crippen LogP contribution in [0, 0.1) is 6.92 Å². The van der Waals surface area contributed by atoms with Crippen LogP contribution in [0.5, 0.6) is 5.75 Å². The minimum Gasteiger partial charge on any atom is -0.484 e. The van der Waals surface area contributed by atoms with Crippen molar-refractivity contribution in [1.29, 1.82) is 0 Å². The molecular weight excluding hydrogens is 428 g/mol. The van der Waals surface area contributed by atoms with Crippen molar-refractivity contribution in [2.24, 2.45) is 0 Å². The van der Waals surface area contributed by atoms with Crippen LogP contribution in [0.2, 0.25) is 0 Å². The van der Waals surface area contributed by atoms with Crippen molar-refractivity contribution in [3.8, 4) is 5.75 Å². The number of hydrogen-bond acceptors (Lipinski definition) is 7. The Morgan fingerprint density at radius 2 is 1.94 bits per heavy atom. The van der Waals surface area contributed by atoms with Gasteiger partial charge < -0.3 is 14.5 Å². The van der Waals surface area contributed by atoms with Gasteiger partial charge in [0.2, 0.25) is 0 Å². The Morgan fingerprint density at radius 3 is 2.82 bits per heavy atom. The molecule has 8 heteroatoms. The highest BCUT2D eigenvalue weighted by molar-refractivity contribution is 5.71. The molecule has 2 aliphatic heterocycles. The van der Waals surface area contributed by atoms with Gasteiger partial charge >= 0.3 is 0 Å². The van der Waals surface area contributed by atoms with Gasteiger partial charge in [-0.05, 0) is 56.2 Å². The summed E-state index contributed by atoms with van der Waals surface area (Å²) in [7, 11) is 0. The summed E-state index contributed by atoms with van der Waals surface area (Å²) in [4.78, 5) is 25.9. The molecule has 0 aliphatic carbocycles. The van der Waals surface area contributed by atoms with Crippen molar-refractivity contribution in [1.82, 2.24) is 19.6 Å². The Morgan fingerprint density at radius 1 is 1.09 bits per heavy atom. The highest BCUT2D eigenvalue weighted by Crippen LogP contribution is 2.41. The summed E-state index contributed by atoms with van der Waals surface area (Å²) < 4.78 is 7.58. The van der Waals surface area contributed by atoms with Gasteiger partial charge in [0.15, 0.2) is 11.5 Å². The third-order valence-corrected chi connectivity index (χ3v) is 6.46. The number of ether oxygens (including phenoxy) is 1. The smallest absolute Gasteiger partial charge is 0.274 e. The quantitative estimate of drug-likeness (QED) is 0.457. The van der Waals surface area contributed by atoms with Crippen molar-refractivity contribution in [2.75, 3.05) is 22.9 Å². The van der Waals surface area contributed by atoms with Crippen molar-refractivity contribution in [2.45, 2.75) is 39.3 Å². The number of fused-ring (bicyclic) bond motifs is 3. The van der Waals surface area contributed by atoms with Crippen molar-refractivity contribution < 1.29 is 4.74 Å². The van der Waals surface area contributed by atoms with Crippen LogP contribution in [0.25, 0.3) is 5.65 Å². The molecule has 0 radical (unpaired) electrons. The number of nitrogens with zero attached hydrogens (tertiary/aromatic N) is 6. The van der Waals surface area contributed by atoms with E-state index in [4.69, 9.17) is 9.72 Å². The van der Waals surface area contributed by atoms with Crippen LogP contribution in [0.4, 0.5) is 17.2 Å². The molecule has 0 fully saturated rings. The molecule has 0 amide bonds. The zero-order chi connectivity index (χ0) is 23.4. The number of para-hydroxylation sites is 2.